The van der Waals surface area contributed by atoms with Crippen LogP contribution in [0.5, 0.6) is 0 Å². The number of hydrogen-bond donors (Lipinski definition) is 2. The third kappa shape index (κ3) is 3.74. The van der Waals surface area contributed by atoms with E-state index in [1.807, 2.05) is 0 Å². The van der Waals surface area contributed by atoms with E-state index >= 15 is 0 Å². The molecule has 0 atom stereocenters. The van der Waals surface area contributed by atoms with E-state index in [0.29, 0.717) is 25.9 Å². The Morgan fingerprint density at radius 2 is 2.05 bits per heavy atom. The van der Waals surface area contributed by atoms with Crippen LogP contribution in [0.2, 0.25) is 0 Å². The van der Waals surface area contributed by atoms with Crippen LogP contribution in [0, 0.1) is 0 Å². The van der Waals surface area contributed by atoms with Gasteiger partial charge in [0.1, 0.15) is 0 Å². The number of benzene rings is 1. The molecule has 0 aromatic heterocycles. The van der Waals surface area contributed by atoms with Crippen molar-refractivity contribution in [2.45, 2.75) is 17.7 Å². The Morgan fingerprint density at radius 3 is 2.67 bits per heavy atom. The molecular formula is C13H20ClN3O3S. The van der Waals surface area contributed by atoms with Gasteiger partial charge >= 0.3 is 0 Å². The highest BCUT2D eigenvalue weighted by atomic mass is 35.5. The molecule has 0 unspecified atom stereocenters. The zero-order valence-corrected chi connectivity index (χ0v) is 13.7. The predicted octanol–water partition coefficient (Wildman–Crippen LogP) is 0.515. The lowest BCUT2D eigenvalue weighted by Gasteiger charge is -2.17. The minimum atomic E-state index is -3.44. The Morgan fingerprint density at radius 1 is 1.33 bits per heavy atom. The molecular weight excluding hydrogens is 314 g/mol. The van der Waals surface area contributed by atoms with Crippen LogP contribution in [0.3, 0.4) is 0 Å². The normalized spacial score (nSPS) is 13.7. The number of nitrogens with one attached hydrogen (secondary N) is 2. The van der Waals surface area contributed by atoms with Crippen LogP contribution in [0.4, 0.5) is 5.69 Å². The van der Waals surface area contributed by atoms with Crippen molar-refractivity contribution in [1.82, 2.24) is 10.0 Å². The molecule has 0 aliphatic carbocycles. The summed E-state index contributed by atoms with van der Waals surface area (Å²) in [7, 11) is -0.244. The van der Waals surface area contributed by atoms with E-state index < -0.39 is 10.0 Å². The van der Waals surface area contributed by atoms with E-state index in [1.165, 1.54) is 13.1 Å². The number of carbonyl (C=O) groups excluding carboxylic acids is 1. The number of anilines is 1. The number of rotatable bonds is 5. The highest BCUT2D eigenvalue weighted by Gasteiger charge is 2.25. The number of hydrogen-bond acceptors (Lipinski definition) is 4. The Kier molecular flexibility index (Phi) is 6.15. The van der Waals surface area contributed by atoms with Gasteiger partial charge in [-0.05, 0) is 44.3 Å². The SMILES string of the molecule is CNCCC(=O)N1CCc2cc(S(=O)(=O)NC)ccc21.Cl. The van der Waals surface area contributed by atoms with E-state index in [4.69, 9.17) is 0 Å². The van der Waals surface area contributed by atoms with Gasteiger partial charge in [-0.1, -0.05) is 0 Å². The molecule has 2 N–H and O–H groups in total. The molecule has 0 saturated heterocycles. The van der Waals surface area contributed by atoms with Crippen molar-refractivity contribution in [2.24, 2.45) is 0 Å². The third-order valence-corrected chi connectivity index (χ3v) is 4.83. The van der Waals surface area contributed by atoms with E-state index in [2.05, 4.69) is 10.0 Å². The summed E-state index contributed by atoms with van der Waals surface area (Å²) >= 11 is 0. The summed E-state index contributed by atoms with van der Waals surface area (Å²) in [6, 6.07) is 4.89. The maximum absolute atomic E-state index is 12.1. The van der Waals surface area contributed by atoms with E-state index in [0.717, 1.165) is 11.3 Å². The lowest BCUT2D eigenvalue weighted by Crippen LogP contribution is -2.31. The minimum absolute atomic E-state index is 0. The molecule has 1 amide bonds. The van der Waals surface area contributed by atoms with Crippen LogP contribution in [-0.2, 0) is 21.2 Å². The molecule has 0 saturated carbocycles. The van der Waals surface area contributed by atoms with Crippen molar-refractivity contribution in [3.05, 3.63) is 23.8 Å². The first-order valence-electron chi connectivity index (χ1n) is 6.51. The Balaban J connectivity index is 0.00000220. The maximum atomic E-state index is 12.1. The topological polar surface area (TPSA) is 78.5 Å². The Labute approximate surface area is 131 Å². The number of sulfonamides is 1. The van der Waals surface area contributed by atoms with Crippen LogP contribution in [0.1, 0.15) is 12.0 Å². The zero-order valence-electron chi connectivity index (χ0n) is 12.0. The first-order valence-corrected chi connectivity index (χ1v) is 7.99. The first-order chi connectivity index (χ1) is 9.49. The van der Waals surface area contributed by atoms with Gasteiger partial charge in [0.05, 0.1) is 4.90 Å². The fourth-order valence-corrected chi connectivity index (χ4v) is 3.07. The van der Waals surface area contributed by atoms with Gasteiger partial charge in [-0.2, -0.15) is 0 Å². The van der Waals surface area contributed by atoms with Crippen molar-refractivity contribution >= 4 is 34.0 Å². The molecule has 1 aromatic rings. The van der Waals surface area contributed by atoms with Crippen molar-refractivity contribution in [3.8, 4) is 0 Å². The predicted molar refractivity (Wildman–Crippen MR) is 84.5 cm³/mol. The summed E-state index contributed by atoms with van der Waals surface area (Å²) in [6.45, 7) is 1.25. The second-order valence-corrected chi connectivity index (χ2v) is 6.53. The van der Waals surface area contributed by atoms with E-state index in [9.17, 15) is 13.2 Å². The molecule has 1 aromatic carbocycles. The number of amides is 1. The smallest absolute Gasteiger partial charge is 0.240 e. The second kappa shape index (κ2) is 7.22. The summed E-state index contributed by atoms with van der Waals surface area (Å²) in [6.07, 6.45) is 1.13. The Hall–Kier alpha value is -1.15. The summed E-state index contributed by atoms with van der Waals surface area (Å²) in [4.78, 5) is 14.0. The van der Waals surface area contributed by atoms with Gasteiger partial charge in [0.2, 0.25) is 15.9 Å². The summed E-state index contributed by atoms with van der Waals surface area (Å²) in [5, 5.41) is 2.95. The average Bonchev–Trinajstić information content (AvgIpc) is 2.87. The van der Waals surface area contributed by atoms with Crippen LogP contribution in [0.15, 0.2) is 23.1 Å². The minimum Gasteiger partial charge on any atom is -0.319 e. The van der Waals surface area contributed by atoms with Gasteiger partial charge in [0.25, 0.3) is 0 Å². The third-order valence-electron chi connectivity index (χ3n) is 3.42. The lowest BCUT2D eigenvalue weighted by molar-refractivity contribution is -0.118. The largest absolute Gasteiger partial charge is 0.319 e. The van der Waals surface area contributed by atoms with Gasteiger partial charge < -0.3 is 10.2 Å². The van der Waals surface area contributed by atoms with Crippen molar-refractivity contribution in [1.29, 1.82) is 0 Å². The lowest BCUT2D eigenvalue weighted by atomic mass is 10.2. The van der Waals surface area contributed by atoms with Crippen molar-refractivity contribution in [3.63, 3.8) is 0 Å². The van der Waals surface area contributed by atoms with Gasteiger partial charge in [-0.3, -0.25) is 4.79 Å². The van der Waals surface area contributed by atoms with Crippen LogP contribution >= 0.6 is 12.4 Å². The van der Waals surface area contributed by atoms with Gasteiger partial charge in [-0.15, -0.1) is 12.4 Å². The molecule has 1 aliphatic heterocycles. The molecule has 21 heavy (non-hydrogen) atoms. The molecule has 1 aliphatic rings. The van der Waals surface area contributed by atoms with Crippen LogP contribution < -0.4 is 14.9 Å². The monoisotopic (exact) mass is 333 g/mol. The summed E-state index contributed by atoms with van der Waals surface area (Å²) < 4.78 is 25.8. The molecule has 0 fully saturated rings. The maximum Gasteiger partial charge on any atom is 0.240 e. The zero-order chi connectivity index (χ0) is 14.8. The van der Waals surface area contributed by atoms with E-state index in [-0.39, 0.29) is 23.2 Å². The number of carbonyl (C=O) groups is 1. The fraction of sp³-hybridized carbons (Fsp3) is 0.462. The standard InChI is InChI=1S/C13H19N3O3S.ClH/c1-14-7-5-13(17)16-8-6-10-9-11(3-4-12(10)16)20(18,19)15-2;/h3-4,9,14-15H,5-8H2,1-2H3;1H. The number of halogens is 1. The molecule has 118 valence electrons. The Bertz CT molecular complexity index is 619. The van der Waals surface area contributed by atoms with Crippen molar-refractivity contribution in [2.75, 3.05) is 32.1 Å². The molecule has 1 heterocycles. The van der Waals surface area contributed by atoms with Crippen molar-refractivity contribution < 1.29 is 13.2 Å². The number of nitrogens with zero attached hydrogens (tertiary/aromatic N) is 1. The summed E-state index contributed by atoms with van der Waals surface area (Å²) in [5.41, 5.74) is 1.72. The average molecular weight is 334 g/mol. The first kappa shape index (κ1) is 17.9. The van der Waals surface area contributed by atoms with Gasteiger partial charge in [0.15, 0.2) is 0 Å². The van der Waals surface area contributed by atoms with Crippen LogP contribution in [-0.4, -0.2) is 41.5 Å². The molecule has 0 radical (unpaired) electrons. The van der Waals surface area contributed by atoms with Gasteiger partial charge in [-0.25, -0.2) is 13.1 Å². The number of fused-ring (bicyclic) bond motifs is 1. The molecule has 6 nitrogen and oxygen atoms in total. The highest BCUT2D eigenvalue weighted by Crippen LogP contribution is 2.30. The fourth-order valence-electron chi connectivity index (χ4n) is 2.29. The quantitative estimate of drug-likeness (QED) is 0.823. The molecule has 0 bridgehead atoms. The second-order valence-electron chi connectivity index (χ2n) is 4.65. The molecule has 2 rings (SSSR count). The molecule has 8 heteroatoms. The highest BCUT2D eigenvalue weighted by molar-refractivity contribution is 7.89. The van der Waals surface area contributed by atoms with Crippen LogP contribution in [0.25, 0.3) is 0 Å². The summed E-state index contributed by atoms with van der Waals surface area (Å²) in [5.74, 6) is 0.0577. The van der Waals surface area contributed by atoms with Gasteiger partial charge in [0, 0.05) is 25.2 Å². The van der Waals surface area contributed by atoms with E-state index in [1.54, 1.807) is 24.1 Å². The molecule has 0 spiro atoms.